The first-order chi connectivity index (χ1) is 11.9. The Morgan fingerprint density at radius 3 is 2.48 bits per heavy atom. The standard InChI is InChI=1S/C20H22N2O3/c1-20(2)16-6-4-5-7-17(16)22(19(20)24)13-18(23)21-12-14-8-10-15(25-3)11-9-14/h4-11H,12-13H2,1-3H3,(H,21,23). The predicted molar refractivity (Wildman–Crippen MR) is 96.7 cm³/mol. The van der Waals surface area contributed by atoms with Crippen molar-refractivity contribution in [3.8, 4) is 5.75 Å². The summed E-state index contributed by atoms with van der Waals surface area (Å²) in [7, 11) is 1.61. The zero-order chi connectivity index (χ0) is 18.0. The Labute approximate surface area is 147 Å². The molecule has 0 aromatic heterocycles. The van der Waals surface area contributed by atoms with Gasteiger partial charge in [0.2, 0.25) is 11.8 Å². The van der Waals surface area contributed by atoms with Gasteiger partial charge >= 0.3 is 0 Å². The summed E-state index contributed by atoms with van der Waals surface area (Å²) in [6.45, 7) is 4.22. The van der Waals surface area contributed by atoms with Crippen LogP contribution < -0.4 is 15.0 Å². The van der Waals surface area contributed by atoms with Gasteiger partial charge in [-0.25, -0.2) is 0 Å². The minimum atomic E-state index is -0.604. The molecule has 2 amide bonds. The second-order valence-corrected chi connectivity index (χ2v) is 6.66. The number of nitrogens with zero attached hydrogens (tertiary/aromatic N) is 1. The van der Waals surface area contributed by atoms with E-state index < -0.39 is 5.41 Å². The molecular weight excluding hydrogens is 316 g/mol. The maximum Gasteiger partial charge on any atom is 0.240 e. The van der Waals surface area contributed by atoms with E-state index in [0.29, 0.717) is 6.54 Å². The lowest BCUT2D eigenvalue weighted by Crippen LogP contribution is -2.42. The first kappa shape index (κ1) is 17.0. The number of nitrogens with one attached hydrogen (secondary N) is 1. The van der Waals surface area contributed by atoms with Crippen molar-refractivity contribution in [3.63, 3.8) is 0 Å². The summed E-state index contributed by atoms with van der Waals surface area (Å²) in [5.74, 6) is 0.543. The van der Waals surface area contributed by atoms with E-state index in [4.69, 9.17) is 4.74 Å². The van der Waals surface area contributed by atoms with Crippen LogP contribution in [0, 0.1) is 0 Å². The average molecular weight is 338 g/mol. The van der Waals surface area contributed by atoms with Gasteiger partial charge in [0.05, 0.1) is 12.5 Å². The molecule has 0 bridgehead atoms. The lowest BCUT2D eigenvalue weighted by molar-refractivity contribution is -0.125. The van der Waals surface area contributed by atoms with Crippen molar-refractivity contribution in [1.82, 2.24) is 5.32 Å². The zero-order valence-corrected chi connectivity index (χ0v) is 14.7. The molecule has 0 aliphatic carbocycles. The van der Waals surface area contributed by atoms with E-state index >= 15 is 0 Å². The van der Waals surface area contributed by atoms with Crippen molar-refractivity contribution in [2.75, 3.05) is 18.6 Å². The third-order valence-corrected chi connectivity index (χ3v) is 4.60. The molecule has 3 rings (SSSR count). The first-order valence-electron chi connectivity index (χ1n) is 8.24. The molecule has 0 saturated carbocycles. The Bertz CT molecular complexity index is 797. The SMILES string of the molecule is COc1ccc(CNC(=O)CN2C(=O)C(C)(C)c3ccccc32)cc1. The fourth-order valence-electron chi connectivity index (χ4n) is 3.10. The Morgan fingerprint density at radius 1 is 1.12 bits per heavy atom. The highest BCUT2D eigenvalue weighted by molar-refractivity contribution is 6.10. The molecule has 0 saturated heterocycles. The van der Waals surface area contributed by atoms with Gasteiger partial charge in [-0.05, 0) is 43.2 Å². The number of ether oxygens (including phenoxy) is 1. The van der Waals surface area contributed by atoms with Crippen molar-refractivity contribution in [2.24, 2.45) is 0 Å². The first-order valence-corrected chi connectivity index (χ1v) is 8.24. The van der Waals surface area contributed by atoms with E-state index in [1.54, 1.807) is 12.0 Å². The van der Waals surface area contributed by atoms with Crippen LogP contribution in [0.2, 0.25) is 0 Å². The molecule has 1 aliphatic rings. The molecule has 0 fully saturated rings. The second kappa shape index (κ2) is 6.59. The predicted octanol–water partition coefficient (Wildman–Crippen LogP) is 2.64. The highest BCUT2D eigenvalue weighted by Crippen LogP contribution is 2.40. The van der Waals surface area contributed by atoms with Gasteiger partial charge in [-0.15, -0.1) is 0 Å². The van der Waals surface area contributed by atoms with Gasteiger partial charge in [-0.1, -0.05) is 30.3 Å². The van der Waals surface area contributed by atoms with Crippen molar-refractivity contribution in [2.45, 2.75) is 25.8 Å². The molecule has 2 aromatic rings. The third kappa shape index (κ3) is 3.22. The molecule has 0 radical (unpaired) electrons. The number of amides is 2. The van der Waals surface area contributed by atoms with Crippen molar-refractivity contribution < 1.29 is 14.3 Å². The smallest absolute Gasteiger partial charge is 0.240 e. The monoisotopic (exact) mass is 338 g/mol. The molecule has 2 aromatic carbocycles. The van der Waals surface area contributed by atoms with Gasteiger partial charge in [-0.3, -0.25) is 9.59 Å². The summed E-state index contributed by atoms with van der Waals surface area (Å²) >= 11 is 0. The van der Waals surface area contributed by atoms with E-state index in [2.05, 4.69) is 5.32 Å². The van der Waals surface area contributed by atoms with Crippen LogP contribution in [-0.4, -0.2) is 25.5 Å². The maximum atomic E-state index is 12.7. The van der Waals surface area contributed by atoms with Crippen molar-refractivity contribution in [3.05, 3.63) is 59.7 Å². The maximum absolute atomic E-state index is 12.7. The number of rotatable bonds is 5. The Hall–Kier alpha value is -2.82. The fraction of sp³-hybridized carbons (Fsp3) is 0.300. The van der Waals surface area contributed by atoms with E-state index in [-0.39, 0.29) is 18.4 Å². The van der Waals surface area contributed by atoms with Gasteiger partial charge in [0.25, 0.3) is 0 Å². The van der Waals surface area contributed by atoms with E-state index in [1.165, 1.54) is 0 Å². The Kier molecular flexibility index (Phi) is 4.49. The second-order valence-electron chi connectivity index (χ2n) is 6.66. The van der Waals surface area contributed by atoms with Crippen molar-refractivity contribution in [1.29, 1.82) is 0 Å². The van der Waals surface area contributed by atoms with Gasteiger partial charge in [0.15, 0.2) is 0 Å². The fourth-order valence-corrected chi connectivity index (χ4v) is 3.10. The minimum absolute atomic E-state index is 0.0232. The molecule has 5 nitrogen and oxygen atoms in total. The van der Waals surface area contributed by atoms with E-state index in [0.717, 1.165) is 22.6 Å². The molecule has 1 heterocycles. The van der Waals surface area contributed by atoms with Gasteiger partial charge < -0.3 is 15.0 Å². The molecule has 0 atom stereocenters. The molecular formula is C20H22N2O3. The normalized spacial score (nSPS) is 15.0. The van der Waals surface area contributed by atoms with Crippen LogP contribution >= 0.6 is 0 Å². The number of carbonyl (C=O) groups is 2. The van der Waals surface area contributed by atoms with Crippen LogP contribution in [0.4, 0.5) is 5.69 Å². The highest BCUT2D eigenvalue weighted by Gasteiger charge is 2.43. The number of para-hydroxylation sites is 1. The average Bonchev–Trinajstić information content (AvgIpc) is 2.82. The molecule has 1 aliphatic heterocycles. The quantitative estimate of drug-likeness (QED) is 0.912. The summed E-state index contributed by atoms with van der Waals surface area (Å²) in [6.07, 6.45) is 0. The van der Waals surface area contributed by atoms with Crippen LogP contribution in [0.1, 0.15) is 25.0 Å². The molecule has 1 N–H and O–H groups in total. The molecule has 130 valence electrons. The Balaban J connectivity index is 1.66. The van der Waals surface area contributed by atoms with Crippen LogP contribution in [0.3, 0.4) is 0 Å². The lowest BCUT2D eigenvalue weighted by atomic mass is 9.86. The van der Waals surface area contributed by atoms with Crippen molar-refractivity contribution >= 4 is 17.5 Å². The van der Waals surface area contributed by atoms with Crippen LogP contribution in [0.15, 0.2) is 48.5 Å². The number of carbonyl (C=O) groups excluding carboxylic acids is 2. The number of hydrogen-bond acceptors (Lipinski definition) is 3. The Morgan fingerprint density at radius 2 is 1.80 bits per heavy atom. The number of benzene rings is 2. The van der Waals surface area contributed by atoms with Gasteiger partial charge in [0.1, 0.15) is 12.3 Å². The van der Waals surface area contributed by atoms with Crippen LogP contribution in [0.25, 0.3) is 0 Å². The summed E-state index contributed by atoms with van der Waals surface area (Å²) in [6, 6.07) is 15.1. The largest absolute Gasteiger partial charge is 0.497 e. The molecule has 0 spiro atoms. The summed E-state index contributed by atoms with van der Waals surface area (Å²) in [5, 5.41) is 2.87. The molecule has 0 unspecified atom stereocenters. The van der Waals surface area contributed by atoms with Crippen LogP contribution in [0.5, 0.6) is 5.75 Å². The molecule has 5 heteroatoms. The van der Waals surface area contributed by atoms with Gasteiger partial charge in [0, 0.05) is 12.2 Å². The third-order valence-electron chi connectivity index (χ3n) is 4.60. The van der Waals surface area contributed by atoms with Gasteiger partial charge in [-0.2, -0.15) is 0 Å². The van der Waals surface area contributed by atoms with E-state index in [1.807, 2.05) is 62.4 Å². The highest BCUT2D eigenvalue weighted by atomic mass is 16.5. The number of hydrogen-bond donors (Lipinski definition) is 1. The topological polar surface area (TPSA) is 58.6 Å². The summed E-state index contributed by atoms with van der Waals surface area (Å²) in [5.41, 5.74) is 2.15. The number of anilines is 1. The lowest BCUT2D eigenvalue weighted by Gasteiger charge is -2.20. The number of methoxy groups -OCH3 is 1. The minimum Gasteiger partial charge on any atom is -0.497 e. The van der Waals surface area contributed by atoms with Crippen LogP contribution in [-0.2, 0) is 21.5 Å². The molecule has 25 heavy (non-hydrogen) atoms. The summed E-state index contributed by atoms with van der Waals surface area (Å²) in [4.78, 5) is 26.6. The zero-order valence-electron chi connectivity index (χ0n) is 14.7. The summed E-state index contributed by atoms with van der Waals surface area (Å²) < 4.78 is 5.12. The van der Waals surface area contributed by atoms with E-state index in [9.17, 15) is 9.59 Å². The number of fused-ring (bicyclic) bond motifs is 1.